The first-order chi connectivity index (χ1) is 28.3. The molecule has 2 saturated heterocycles. The number of nitrogens with zero attached hydrogens (tertiary/aromatic N) is 8. The zero-order valence-electron chi connectivity index (χ0n) is 29.8. The van der Waals surface area contributed by atoms with Gasteiger partial charge in [-0.1, -0.05) is 0 Å². The van der Waals surface area contributed by atoms with E-state index in [-0.39, 0.29) is 28.3 Å². The molecule has 12 atom stereocenters. The van der Waals surface area contributed by atoms with Crippen LogP contribution in [0.2, 0.25) is 0 Å². The molecule has 2 aliphatic rings. The van der Waals surface area contributed by atoms with Crippen molar-refractivity contribution in [2.75, 3.05) is 24.7 Å². The Kier molecular flexibility index (Phi) is 12.5. The molecule has 2 fully saturated rings. The highest BCUT2D eigenvalue weighted by atomic mass is 31.3. The Balaban J connectivity index is 0.983. The Bertz CT molecular complexity index is 2720. The standard InChI is InChI=1S/C24H31N10O22P5/c25-20-9-1-11-12(2-10(9)27-5-28-20)33(7-31-11)23-18(37)17(36)14(51-23)4-50-61(48,53-57(39,40)41)56-60(46,47)55-59(44,45)54-58(42,43)49-3-13-16(35)19(38)24(52-13)34-8-32-15-21(26)29-6-30-22(15)34/h1-2,5-8,13-14,16-19,23-24,35-38H,3-4H2,(H,42,43)(H,44,45)(H,46,47)(H2,25,27,28)(H2,26,29,30)(H2,39,40,41)/t13-,14-,16-,17-,18-,19-,23-,24-,61?/m1/s1. The number of imidazole rings is 2. The number of hydrogen-bond donors (Lipinski definition) is 11. The van der Waals surface area contributed by atoms with Crippen LogP contribution in [0.1, 0.15) is 12.5 Å². The SMILES string of the molecule is Nc1ncnc2cc3c(cc12)ncn3[C@@H]1O[C@H](COP(=O)(OP(=O)(O)O)OP(=O)(O)OP(=O)(O)OP(=O)(O)OC[C@H]2O[C@@H](n3cnc4c(N)ncnc43)[C@H](O)[C@@H]2O)[C@@H](O)[C@H]1O. The third kappa shape index (κ3) is 9.91. The van der Waals surface area contributed by atoms with Gasteiger partial charge in [0.2, 0.25) is 0 Å². The molecule has 0 bridgehead atoms. The highest BCUT2D eigenvalue weighted by molar-refractivity contribution is 7.71. The van der Waals surface area contributed by atoms with Gasteiger partial charge in [-0.25, -0.2) is 52.7 Å². The topological polar surface area (TPSA) is 481 Å². The monoisotopic (exact) mass is 966 g/mol. The molecule has 32 nitrogen and oxygen atoms in total. The summed E-state index contributed by atoms with van der Waals surface area (Å²) >= 11 is 0. The fourth-order valence-corrected chi connectivity index (χ4v) is 12.5. The summed E-state index contributed by atoms with van der Waals surface area (Å²) in [5, 5.41) is 43.0. The minimum absolute atomic E-state index is 0.0416. The number of phosphoric acid groups is 5. The van der Waals surface area contributed by atoms with Crippen LogP contribution < -0.4 is 11.5 Å². The number of rotatable bonds is 16. The maximum Gasteiger partial charge on any atom is 0.492 e. The van der Waals surface area contributed by atoms with E-state index in [9.17, 15) is 67.7 Å². The Hall–Kier alpha value is -3.35. The fourth-order valence-electron chi connectivity index (χ4n) is 6.02. The van der Waals surface area contributed by atoms with Crippen molar-refractivity contribution in [1.29, 1.82) is 0 Å². The van der Waals surface area contributed by atoms with E-state index in [1.165, 1.54) is 29.4 Å². The molecule has 0 aliphatic carbocycles. The van der Waals surface area contributed by atoms with Gasteiger partial charge in [-0.05, 0) is 12.1 Å². The quantitative estimate of drug-likeness (QED) is 0.0519. The van der Waals surface area contributed by atoms with Gasteiger partial charge in [-0.15, -0.1) is 0 Å². The lowest BCUT2D eigenvalue weighted by Crippen LogP contribution is -2.33. The Morgan fingerprint density at radius 1 is 0.607 bits per heavy atom. The van der Waals surface area contributed by atoms with Gasteiger partial charge < -0.3 is 70.4 Å². The normalized spacial score (nSPS) is 28.8. The molecule has 61 heavy (non-hydrogen) atoms. The second kappa shape index (κ2) is 16.6. The molecule has 13 N–H and O–H groups in total. The van der Waals surface area contributed by atoms with Crippen LogP contribution in [0, 0.1) is 0 Å². The van der Waals surface area contributed by atoms with Crippen molar-refractivity contribution in [3.63, 3.8) is 0 Å². The molecule has 0 saturated carbocycles. The lowest BCUT2D eigenvalue weighted by molar-refractivity contribution is -0.0504. The van der Waals surface area contributed by atoms with Crippen LogP contribution in [0.15, 0.2) is 37.4 Å². The summed E-state index contributed by atoms with van der Waals surface area (Å²) in [6, 6.07) is 3.02. The van der Waals surface area contributed by atoms with Gasteiger partial charge in [-0.3, -0.25) is 13.6 Å². The van der Waals surface area contributed by atoms with E-state index in [4.69, 9.17) is 25.5 Å². The molecular formula is C24H31N10O22P5. The van der Waals surface area contributed by atoms with E-state index in [2.05, 4.69) is 51.7 Å². The van der Waals surface area contributed by atoms with Crippen LogP contribution in [-0.4, -0.2) is 134 Å². The zero-order chi connectivity index (χ0) is 44.4. The lowest BCUT2D eigenvalue weighted by Gasteiger charge is -2.23. The van der Waals surface area contributed by atoms with E-state index >= 15 is 0 Å². The van der Waals surface area contributed by atoms with Gasteiger partial charge in [0, 0.05) is 5.39 Å². The van der Waals surface area contributed by atoms with Gasteiger partial charge in [0.15, 0.2) is 23.9 Å². The predicted molar refractivity (Wildman–Crippen MR) is 194 cm³/mol. The van der Waals surface area contributed by atoms with Crippen LogP contribution in [0.25, 0.3) is 33.1 Å². The maximum atomic E-state index is 13.3. The number of benzene rings is 1. The van der Waals surface area contributed by atoms with Crippen LogP contribution in [0.4, 0.5) is 11.6 Å². The number of phosphoric ester groups is 1. The number of fused-ring (bicyclic) bond motifs is 3. The minimum Gasteiger partial charge on any atom is -0.387 e. The van der Waals surface area contributed by atoms with Crippen LogP contribution in [-0.2, 0) is 58.6 Å². The molecule has 37 heteroatoms. The summed E-state index contributed by atoms with van der Waals surface area (Å²) in [7, 11) is -31.0. The summed E-state index contributed by atoms with van der Waals surface area (Å²) in [5.41, 5.74) is 12.7. The Labute approximate surface area is 337 Å². The molecule has 6 heterocycles. The Morgan fingerprint density at radius 2 is 1.16 bits per heavy atom. The highest BCUT2D eigenvalue weighted by Gasteiger charge is 2.52. The Morgan fingerprint density at radius 3 is 1.82 bits per heavy atom. The molecular weight excluding hydrogens is 935 g/mol. The first-order valence-electron chi connectivity index (χ1n) is 16.5. The predicted octanol–water partition coefficient (Wildman–Crippen LogP) is -1.18. The summed E-state index contributed by atoms with van der Waals surface area (Å²) in [6.45, 7) is -2.50. The molecule has 4 unspecified atom stereocenters. The molecule has 0 amide bonds. The van der Waals surface area contributed by atoms with Gasteiger partial charge >= 0.3 is 39.1 Å². The van der Waals surface area contributed by atoms with Gasteiger partial charge in [0.25, 0.3) is 0 Å². The van der Waals surface area contributed by atoms with E-state index in [0.717, 1.165) is 17.2 Å². The number of aromatic nitrogens is 8. The summed E-state index contributed by atoms with van der Waals surface area (Å²) < 4.78 is 101. The largest absolute Gasteiger partial charge is 0.492 e. The number of aliphatic hydroxyl groups is 4. The van der Waals surface area contributed by atoms with Gasteiger partial charge in [0.1, 0.15) is 60.6 Å². The summed E-state index contributed by atoms with van der Waals surface area (Å²) in [6.07, 6.45) is -9.23. The maximum absolute atomic E-state index is 13.3. The molecule has 0 radical (unpaired) electrons. The van der Waals surface area contributed by atoms with Gasteiger partial charge in [0.05, 0.1) is 42.4 Å². The average Bonchev–Trinajstić information content (AvgIpc) is 3.89. The van der Waals surface area contributed by atoms with Crippen molar-refractivity contribution in [2.45, 2.75) is 49.1 Å². The molecule has 4 aromatic heterocycles. The number of hydrogen-bond acceptors (Lipinski definition) is 25. The zero-order valence-corrected chi connectivity index (χ0v) is 34.3. The molecule has 1 aromatic carbocycles. The molecule has 2 aliphatic heterocycles. The van der Waals surface area contributed by atoms with E-state index in [0.29, 0.717) is 16.4 Å². The third-order valence-corrected chi connectivity index (χ3v) is 16.1. The number of ether oxygens (including phenoxy) is 2. The van der Waals surface area contributed by atoms with Crippen molar-refractivity contribution in [1.82, 2.24) is 39.0 Å². The molecule has 7 rings (SSSR count). The first-order valence-corrected chi connectivity index (χ1v) is 23.9. The average molecular weight is 966 g/mol. The summed E-state index contributed by atoms with van der Waals surface area (Å²) in [4.78, 5) is 72.8. The number of aliphatic hydroxyl groups excluding tert-OH is 4. The van der Waals surface area contributed by atoms with Gasteiger partial charge in [-0.2, -0.15) is 17.2 Å². The van der Waals surface area contributed by atoms with E-state index in [1.807, 2.05) is 0 Å². The number of nitrogen functional groups attached to an aromatic ring is 2. The second-order valence-electron chi connectivity index (χ2n) is 12.7. The van der Waals surface area contributed by atoms with Crippen molar-refractivity contribution in [2.24, 2.45) is 0 Å². The lowest BCUT2D eigenvalue weighted by atomic mass is 10.1. The van der Waals surface area contributed by atoms with E-state index in [1.54, 1.807) is 0 Å². The third-order valence-electron chi connectivity index (χ3n) is 8.59. The fraction of sp³-hybridized carbons (Fsp3) is 0.417. The highest BCUT2D eigenvalue weighted by Crippen LogP contribution is 2.74. The van der Waals surface area contributed by atoms with Crippen LogP contribution in [0.5, 0.6) is 0 Å². The van der Waals surface area contributed by atoms with Crippen LogP contribution >= 0.6 is 39.1 Å². The minimum atomic E-state index is -6.51. The van der Waals surface area contributed by atoms with Crippen molar-refractivity contribution in [3.8, 4) is 0 Å². The van der Waals surface area contributed by atoms with Crippen molar-refractivity contribution >= 4 is 83.8 Å². The second-order valence-corrected chi connectivity index (χ2v) is 20.5. The summed E-state index contributed by atoms with van der Waals surface area (Å²) in [5.74, 6) is 0.0955. The van der Waals surface area contributed by atoms with Crippen LogP contribution in [0.3, 0.4) is 0 Å². The number of anilines is 2. The molecule has 5 aromatic rings. The van der Waals surface area contributed by atoms with Crippen molar-refractivity contribution < 1.29 is 103 Å². The van der Waals surface area contributed by atoms with Crippen molar-refractivity contribution in [3.05, 3.63) is 37.4 Å². The van der Waals surface area contributed by atoms with E-state index < -0.39 is 101 Å². The number of nitrogens with two attached hydrogens (primary N) is 2. The first kappa shape index (κ1) is 45.7. The smallest absolute Gasteiger partial charge is 0.387 e. The molecule has 0 spiro atoms. The molecule has 334 valence electrons.